The van der Waals surface area contributed by atoms with Gasteiger partial charge in [-0.1, -0.05) is 5.16 Å². The molecule has 7 nitrogen and oxygen atoms in total. The Morgan fingerprint density at radius 1 is 1.27 bits per heavy atom. The van der Waals surface area contributed by atoms with Gasteiger partial charge in [0.05, 0.1) is 5.69 Å². The van der Waals surface area contributed by atoms with Crippen molar-refractivity contribution in [2.75, 3.05) is 11.4 Å². The summed E-state index contributed by atoms with van der Waals surface area (Å²) in [6.07, 6.45) is -0.247. The Bertz CT molecular complexity index is 880. The van der Waals surface area contributed by atoms with Gasteiger partial charge in [-0.3, -0.25) is 9.59 Å². The molecule has 1 atom stereocenters. The van der Waals surface area contributed by atoms with Crippen molar-refractivity contribution in [3.8, 4) is 0 Å². The van der Waals surface area contributed by atoms with Gasteiger partial charge < -0.3 is 14.2 Å². The molecule has 1 aromatic heterocycles. The number of benzene rings is 1. The number of anilines is 1. The molecule has 1 aromatic carbocycles. The minimum Gasteiger partial charge on any atom is -0.451 e. The predicted molar refractivity (Wildman–Crippen MR) is 93.4 cm³/mol. The fourth-order valence-corrected chi connectivity index (χ4v) is 3.16. The zero-order valence-electron chi connectivity index (χ0n) is 15.2. The van der Waals surface area contributed by atoms with Crippen molar-refractivity contribution >= 4 is 23.3 Å². The molecule has 2 heterocycles. The minimum absolute atomic E-state index is 0.0235. The molecule has 1 amide bonds. The predicted octanol–water partition coefficient (Wildman–Crippen LogP) is 2.63. The molecule has 26 heavy (non-hydrogen) atoms. The van der Waals surface area contributed by atoms with Crippen molar-refractivity contribution in [2.24, 2.45) is 0 Å². The van der Waals surface area contributed by atoms with Crippen LogP contribution in [0.2, 0.25) is 0 Å². The van der Waals surface area contributed by atoms with E-state index >= 15 is 0 Å². The molecular formula is C19H20N2O5. The van der Waals surface area contributed by atoms with Crippen molar-refractivity contribution in [3.63, 3.8) is 0 Å². The standard InChI is InChI=1S/C19H20N2O5/c1-10-17(11(2)26-20-10)19(24)25-12(3)18(23)15-5-6-16-14(9-15)7-8-21(16)13(4)22/h5-6,9,12H,7-8H2,1-4H3/t12-/m0/s1. The monoisotopic (exact) mass is 356 g/mol. The number of amides is 1. The number of hydrogen-bond donors (Lipinski definition) is 0. The van der Waals surface area contributed by atoms with Gasteiger partial charge in [0.25, 0.3) is 0 Å². The topological polar surface area (TPSA) is 89.7 Å². The van der Waals surface area contributed by atoms with Crippen LogP contribution in [0, 0.1) is 13.8 Å². The van der Waals surface area contributed by atoms with Crippen LogP contribution in [0.4, 0.5) is 5.69 Å². The van der Waals surface area contributed by atoms with E-state index in [0.29, 0.717) is 30.0 Å². The van der Waals surface area contributed by atoms with E-state index < -0.39 is 12.1 Å². The Morgan fingerprint density at radius 2 is 2.00 bits per heavy atom. The first-order valence-corrected chi connectivity index (χ1v) is 8.38. The van der Waals surface area contributed by atoms with Crippen LogP contribution in [0.1, 0.15) is 51.6 Å². The first-order chi connectivity index (χ1) is 12.3. The lowest BCUT2D eigenvalue weighted by Crippen LogP contribution is -2.26. The Hall–Kier alpha value is -2.96. The maximum absolute atomic E-state index is 12.6. The van der Waals surface area contributed by atoms with Gasteiger partial charge in [0.15, 0.2) is 6.10 Å². The number of carbonyl (C=O) groups is 3. The number of fused-ring (bicyclic) bond motifs is 1. The van der Waals surface area contributed by atoms with E-state index in [-0.39, 0.29) is 17.3 Å². The third-order valence-corrected chi connectivity index (χ3v) is 4.53. The van der Waals surface area contributed by atoms with E-state index in [1.165, 1.54) is 13.8 Å². The lowest BCUT2D eigenvalue weighted by Gasteiger charge is -2.16. The summed E-state index contributed by atoms with van der Waals surface area (Å²) in [6.45, 7) is 6.92. The summed E-state index contributed by atoms with van der Waals surface area (Å²) < 4.78 is 10.3. The quantitative estimate of drug-likeness (QED) is 0.618. The Kier molecular flexibility index (Phi) is 4.63. The van der Waals surface area contributed by atoms with E-state index in [0.717, 1.165) is 11.3 Å². The second-order valence-electron chi connectivity index (χ2n) is 6.38. The van der Waals surface area contributed by atoms with Crippen LogP contribution in [-0.4, -0.2) is 35.5 Å². The van der Waals surface area contributed by atoms with Crippen LogP contribution in [-0.2, 0) is 16.0 Å². The van der Waals surface area contributed by atoms with Gasteiger partial charge in [-0.2, -0.15) is 0 Å². The SMILES string of the molecule is CC(=O)N1CCc2cc(C(=O)[C@H](C)OC(=O)c3c(C)noc3C)ccc21. The molecule has 2 aromatic rings. The first kappa shape index (κ1) is 17.8. The number of ether oxygens (including phenoxy) is 1. The first-order valence-electron chi connectivity index (χ1n) is 8.38. The molecule has 136 valence electrons. The van der Waals surface area contributed by atoms with Crippen LogP contribution < -0.4 is 4.90 Å². The zero-order chi connectivity index (χ0) is 19.0. The van der Waals surface area contributed by atoms with E-state index in [1.807, 2.05) is 0 Å². The average molecular weight is 356 g/mol. The Labute approximate surface area is 150 Å². The maximum atomic E-state index is 12.6. The molecule has 0 saturated carbocycles. The molecule has 0 aliphatic carbocycles. The summed E-state index contributed by atoms with van der Waals surface area (Å²) in [7, 11) is 0. The molecule has 0 bridgehead atoms. The molecular weight excluding hydrogens is 336 g/mol. The average Bonchev–Trinajstić information content (AvgIpc) is 3.16. The van der Waals surface area contributed by atoms with E-state index in [9.17, 15) is 14.4 Å². The van der Waals surface area contributed by atoms with Gasteiger partial charge in [0, 0.05) is 24.7 Å². The lowest BCUT2D eigenvalue weighted by molar-refractivity contribution is -0.116. The summed E-state index contributed by atoms with van der Waals surface area (Å²) in [5, 5.41) is 3.72. The fraction of sp³-hybridized carbons (Fsp3) is 0.368. The number of ketones is 1. The summed E-state index contributed by atoms with van der Waals surface area (Å²) >= 11 is 0. The van der Waals surface area contributed by atoms with Gasteiger partial charge in [-0.05, 0) is 51.0 Å². The van der Waals surface area contributed by atoms with Crippen molar-refractivity contribution in [3.05, 3.63) is 46.3 Å². The molecule has 0 saturated heterocycles. The smallest absolute Gasteiger partial charge is 0.344 e. The normalized spacial score (nSPS) is 14.1. The van der Waals surface area contributed by atoms with Crippen LogP contribution >= 0.6 is 0 Å². The molecule has 0 unspecified atom stereocenters. The summed E-state index contributed by atoms with van der Waals surface area (Å²) in [5.74, 6) is -0.598. The van der Waals surface area contributed by atoms with Gasteiger partial charge in [0.1, 0.15) is 11.3 Å². The summed E-state index contributed by atoms with van der Waals surface area (Å²) in [6, 6.07) is 5.18. The molecule has 3 rings (SSSR count). The van der Waals surface area contributed by atoms with Gasteiger partial charge in [-0.25, -0.2) is 4.79 Å². The van der Waals surface area contributed by atoms with E-state index in [2.05, 4.69) is 5.16 Å². The van der Waals surface area contributed by atoms with Gasteiger partial charge in [0.2, 0.25) is 11.7 Å². The highest BCUT2D eigenvalue weighted by atomic mass is 16.5. The molecule has 7 heteroatoms. The number of carbonyl (C=O) groups excluding carboxylic acids is 3. The van der Waals surface area contributed by atoms with Crippen molar-refractivity contribution in [1.82, 2.24) is 5.16 Å². The van der Waals surface area contributed by atoms with Gasteiger partial charge in [-0.15, -0.1) is 0 Å². The van der Waals surface area contributed by atoms with E-state index in [1.54, 1.807) is 36.9 Å². The number of aryl methyl sites for hydroxylation is 2. The highest BCUT2D eigenvalue weighted by Gasteiger charge is 2.27. The van der Waals surface area contributed by atoms with Crippen LogP contribution in [0.3, 0.4) is 0 Å². The second kappa shape index (κ2) is 6.74. The minimum atomic E-state index is -0.945. The third-order valence-electron chi connectivity index (χ3n) is 4.53. The summed E-state index contributed by atoms with van der Waals surface area (Å²) in [5.41, 5.74) is 2.89. The fourth-order valence-electron chi connectivity index (χ4n) is 3.16. The molecule has 1 aliphatic heterocycles. The highest BCUT2D eigenvalue weighted by molar-refractivity contribution is 6.03. The van der Waals surface area contributed by atoms with Crippen LogP contribution in [0.25, 0.3) is 0 Å². The Morgan fingerprint density at radius 3 is 2.62 bits per heavy atom. The molecule has 0 N–H and O–H groups in total. The van der Waals surface area contributed by atoms with Crippen LogP contribution in [0.15, 0.2) is 22.7 Å². The number of rotatable bonds is 4. The summed E-state index contributed by atoms with van der Waals surface area (Å²) in [4.78, 5) is 38.2. The van der Waals surface area contributed by atoms with Crippen LogP contribution in [0.5, 0.6) is 0 Å². The van der Waals surface area contributed by atoms with Crippen molar-refractivity contribution in [1.29, 1.82) is 0 Å². The molecule has 0 spiro atoms. The molecule has 0 radical (unpaired) electrons. The zero-order valence-corrected chi connectivity index (χ0v) is 15.2. The van der Waals surface area contributed by atoms with Gasteiger partial charge >= 0.3 is 5.97 Å². The Balaban J connectivity index is 1.75. The van der Waals surface area contributed by atoms with E-state index in [4.69, 9.17) is 9.26 Å². The van der Waals surface area contributed by atoms with Crippen molar-refractivity contribution in [2.45, 2.75) is 40.2 Å². The largest absolute Gasteiger partial charge is 0.451 e. The lowest BCUT2D eigenvalue weighted by atomic mass is 10.0. The third kappa shape index (κ3) is 3.12. The van der Waals surface area contributed by atoms with Crippen molar-refractivity contribution < 1.29 is 23.6 Å². The molecule has 0 fully saturated rings. The molecule has 1 aliphatic rings. The number of nitrogens with zero attached hydrogens (tertiary/aromatic N) is 2. The number of hydrogen-bond acceptors (Lipinski definition) is 6. The number of Topliss-reactive ketones (excluding diaryl/α,β-unsaturated/α-hetero) is 1. The number of esters is 1. The highest BCUT2D eigenvalue weighted by Crippen LogP contribution is 2.29. The second-order valence-corrected chi connectivity index (χ2v) is 6.38. The number of aromatic nitrogens is 1. The maximum Gasteiger partial charge on any atom is 0.344 e.